The molecule has 0 aliphatic heterocycles. The zero-order valence-electron chi connectivity index (χ0n) is 14.8. The maximum Gasteiger partial charge on any atom is 0.251 e. The van der Waals surface area contributed by atoms with Crippen LogP contribution in [0.4, 0.5) is 0 Å². The average Bonchev–Trinajstić information content (AvgIpc) is 2.97. The monoisotopic (exact) mass is 343 g/mol. The number of rotatable bonds is 6. The van der Waals surface area contributed by atoms with Crippen molar-refractivity contribution in [1.29, 1.82) is 0 Å². The van der Waals surface area contributed by atoms with E-state index < -0.39 is 0 Å². The SMILES string of the molecule is COCCNC(=O)CNC(=O)c1ccc2[nH]c3c(c2c1)C[C@@H](C)CC3. The Kier molecular flexibility index (Phi) is 5.38. The molecule has 2 aromatic rings. The number of benzene rings is 1. The minimum atomic E-state index is -0.234. The van der Waals surface area contributed by atoms with E-state index in [4.69, 9.17) is 4.74 Å². The molecule has 1 aliphatic carbocycles. The molecule has 1 atom stereocenters. The predicted octanol–water partition coefficient (Wildman–Crippen LogP) is 1.79. The third-order valence-electron chi connectivity index (χ3n) is 4.73. The number of carbonyl (C=O) groups excluding carboxylic acids is 2. The number of aryl methyl sites for hydroxylation is 1. The van der Waals surface area contributed by atoms with Gasteiger partial charge in [0.05, 0.1) is 13.2 Å². The molecule has 6 nitrogen and oxygen atoms in total. The van der Waals surface area contributed by atoms with Gasteiger partial charge in [-0.05, 0) is 48.9 Å². The van der Waals surface area contributed by atoms with Gasteiger partial charge in [-0.25, -0.2) is 0 Å². The van der Waals surface area contributed by atoms with Gasteiger partial charge < -0.3 is 20.4 Å². The van der Waals surface area contributed by atoms with Gasteiger partial charge in [0.2, 0.25) is 5.91 Å². The van der Waals surface area contributed by atoms with Gasteiger partial charge in [0.15, 0.2) is 0 Å². The Morgan fingerprint density at radius 1 is 1.32 bits per heavy atom. The molecule has 6 heteroatoms. The third kappa shape index (κ3) is 4.02. The van der Waals surface area contributed by atoms with E-state index in [0.29, 0.717) is 24.6 Å². The number of methoxy groups -OCH3 is 1. The zero-order valence-corrected chi connectivity index (χ0v) is 14.8. The number of H-pyrrole nitrogens is 1. The summed E-state index contributed by atoms with van der Waals surface area (Å²) in [6.07, 6.45) is 3.31. The van der Waals surface area contributed by atoms with Crippen LogP contribution in [0.2, 0.25) is 0 Å². The van der Waals surface area contributed by atoms with Crippen molar-refractivity contribution in [3.8, 4) is 0 Å². The summed E-state index contributed by atoms with van der Waals surface area (Å²) in [7, 11) is 1.57. The highest BCUT2D eigenvalue weighted by molar-refractivity contribution is 6.00. The average molecular weight is 343 g/mol. The number of aromatic amines is 1. The zero-order chi connectivity index (χ0) is 17.8. The molecule has 0 unspecified atom stereocenters. The summed E-state index contributed by atoms with van der Waals surface area (Å²) in [5.74, 6) is 0.210. The molecule has 0 saturated heterocycles. The van der Waals surface area contributed by atoms with E-state index >= 15 is 0 Å². The standard InChI is InChI=1S/C19H25N3O3/c1-12-3-5-16-14(9-12)15-10-13(4-6-17(15)22-16)19(24)21-11-18(23)20-7-8-25-2/h4,6,10,12,22H,3,5,7-9,11H2,1-2H3,(H,20,23)(H,21,24)/t12-/m0/s1. The van der Waals surface area contributed by atoms with Crippen LogP contribution in [0.3, 0.4) is 0 Å². The van der Waals surface area contributed by atoms with Crippen LogP contribution in [0.15, 0.2) is 18.2 Å². The number of amides is 2. The van der Waals surface area contributed by atoms with E-state index in [9.17, 15) is 9.59 Å². The summed E-state index contributed by atoms with van der Waals surface area (Å²) in [5.41, 5.74) is 4.29. The van der Waals surface area contributed by atoms with Crippen LogP contribution in [-0.2, 0) is 22.4 Å². The molecule has 0 saturated carbocycles. The van der Waals surface area contributed by atoms with Crippen LogP contribution >= 0.6 is 0 Å². The second-order valence-electron chi connectivity index (χ2n) is 6.72. The van der Waals surface area contributed by atoms with E-state index in [1.54, 1.807) is 13.2 Å². The second kappa shape index (κ2) is 7.70. The molecule has 1 heterocycles. The Balaban J connectivity index is 1.68. The van der Waals surface area contributed by atoms with E-state index in [2.05, 4.69) is 22.5 Å². The number of nitrogens with one attached hydrogen (secondary N) is 3. The molecule has 0 spiro atoms. The van der Waals surface area contributed by atoms with Gasteiger partial charge in [-0.3, -0.25) is 9.59 Å². The van der Waals surface area contributed by atoms with Crippen LogP contribution in [0, 0.1) is 5.92 Å². The highest BCUT2D eigenvalue weighted by Gasteiger charge is 2.20. The smallest absolute Gasteiger partial charge is 0.251 e. The number of fused-ring (bicyclic) bond motifs is 3. The third-order valence-corrected chi connectivity index (χ3v) is 4.73. The normalized spacial score (nSPS) is 16.5. The Hall–Kier alpha value is -2.34. The second-order valence-corrected chi connectivity index (χ2v) is 6.72. The van der Waals surface area contributed by atoms with E-state index in [1.807, 2.05) is 12.1 Å². The van der Waals surface area contributed by atoms with Crippen LogP contribution in [0.1, 0.15) is 35.0 Å². The predicted molar refractivity (Wildman–Crippen MR) is 96.7 cm³/mol. The maximum atomic E-state index is 12.4. The van der Waals surface area contributed by atoms with Gasteiger partial charge in [0.25, 0.3) is 5.91 Å². The number of carbonyl (C=O) groups is 2. The first-order valence-corrected chi connectivity index (χ1v) is 8.75. The fourth-order valence-corrected chi connectivity index (χ4v) is 3.35. The van der Waals surface area contributed by atoms with Crippen molar-refractivity contribution < 1.29 is 14.3 Å². The molecule has 3 N–H and O–H groups in total. The Labute approximate surface area is 147 Å². The minimum absolute atomic E-state index is 0.0388. The molecule has 25 heavy (non-hydrogen) atoms. The number of ether oxygens (including phenoxy) is 1. The lowest BCUT2D eigenvalue weighted by molar-refractivity contribution is -0.120. The molecule has 1 aromatic heterocycles. The van der Waals surface area contributed by atoms with Gasteiger partial charge in [-0.1, -0.05) is 6.92 Å². The summed E-state index contributed by atoms with van der Waals surface area (Å²) in [4.78, 5) is 27.5. The molecule has 1 aromatic carbocycles. The van der Waals surface area contributed by atoms with E-state index in [0.717, 1.165) is 23.7 Å². The molecule has 1 aliphatic rings. The molecule has 0 radical (unpaired) electrons. The van der Waals surface area contributed by atoms with Gasteiger partial charge in [0.1, 0.15) is 0 Å². The fourth-order valence-electron chi connectivity index (χ4n) is 3.35. The summed E-state index contributed by atoms with van der Waals surface area (Å²) in [5, 5.41) is 6.47. The number of aromatic nitrogens is 1. The lowest BCUT2D eigenvalue weighted by Crippen LogP contribution is -2.38. The van der Waals surface area contributed by atoms with Gasteiger partial charge in [-0.15, -0.1) is 0 Å². The number of hydrogen-bond acceptors (Lipinski definition) is 3. The van der Waals surface area contributed by atoms with Crippen LogP contribution in [-0.4, -0.2) is 43.6 Å². The van der Waals surface area contributed by atoms with Crippen molar-refractivity contribution in [2.75, 3.05) is 26.8 Å². The largest absolute Gasteiger partial charge is 0.383 e. The highest BCUT2D eigenvalue weighted by atomic mass is 16.5. The summed E-state index contributed by atoms with van der Waals surface area (Å²) in [6.45, 7) is 3.11. The first kappa shape index (κ1) is 17.5. The van der Waals surface area contributed by atoms with Crippen molar-refractivity contribution in [3.05, 3.63) is 35.0 Å². The topological polar surface area (TPSA) is 83.2 Å². The maximum absolute atomic E-state index is 12.4. The van der Waals surface area contributed by atoms with E-state index in [1.165, 1.54) is 17.7 Å². The molecular weight excluding hydrogens is 318 g/mol. The van der Waals surface area contributed by atoms with Crippen LogP contribution in [0.25, 0.3) is 10.9 Å². The molecule has 0 bridgehead atoms. The Morgan fingerprint density at radius 2 is 2.16 bits per heavy atom. The van der Waals surface area contributed by atoms with Crippen molar-refractivity contribution in [1.82, 2.24) is 15.6 Å². The quantitative estimate of drug-likeness (QED) is 0.699. The van der Waals surface area contributed by atoms with Gasteiger partial charge in [-0.2, -0.15) is 0 Å². The first-order valence-electron chi connectivity index (χ1n) is 8.75. The summed E-state index contributed by atoms with van der Waals surface area (Å²) < 4.78 is 4.87. The van der Waals surface area contributed by atoms with E-state index in [-0.39, 0.29) is 18.4 Å². The van der Waals surface area contributed by atoms with Crippen molar-refractivity contribution in [2.45, 2.75) is 26.2 Å². The first-order chi connectivity index (χ1) is 12.1. The molecule has 0 fully saturated rings. The summed E-state index contributed by atoms with van der Waals surface area (Å²) >= 11 is 0. The van der Waals surface area contributed by atoms with Crippen molar-refractivity contribution >= 4 is 22.7 Å². The molecular formula is C19H25N3O3. The number of hydrogen-bond donors (Lipinski definition) is 3. The lowest BCUT2D eigenvalue weighted by atomic mass is 9.87. The van der Waals surface area contributed by atoms with Crippen LogP contribution in [0.5, 0.6) is 0 Å². The Bertz CT molecular complexity index is 782. The van der Waals surface area contributed by atoms with Gasteiger partial charge in [0, 0.05) is 35.8 Å². The van der Waals surface area contributed by atoms with Gasteiger partial charge >= 0.3 is 0 Å². The molecule has 134 valence electrons. The van der Waals surface area contributed by atoms with Crippen LogP contribution < -0.4 is 10.6 Å². The Morgan fingerprint density at radius 3 is 2.96 bits per heavy atom. The lowest BCUT2D eigenvalue weighted by Gasteiger charge is -2.18. The van der Waals surface area contributed by atoms with Crippen molar-refractivity contribution in [3.63, 3.8) is 0 Å². The molecule has 2 amide bonds. The summed E-state index contributed by atoms with van der Waals surface area (Å²) in [6, 6.07) is 5.68. The van der Waals surface area contributed by atoms with Crippen molar-refractivity contribution in [2.24, 2.45) is 5.92 Å². The molecule has 3 rings (SSSR count). The fraction of sp³-hybridized carbons (Fsp3) is 0.474. The highest BCUT2D eigenvalue weighted by Crippen LogP contribution is 2.32. The minimum Gasteiger partial charge on any atom is -0.383 e.